The lowest BCUT2D eigenvalue weighted by Gasteiger charge is -2.12. The lowest BCUT2D eigenvalue weighted by molar-refractivity contribution is 0.0942. The molecule has 100 heavy (non-hydrogen) atoms. The van der Waals surface area contributed by atoms with Gasteiger partial charge >= 0.3 is 0 Å². The molecule has 0 aliphatic carbocycles. The van der Waals surface area contributed by atoms with Crippen LogP contribution in [0.5, 0.6) is 0 Å². The number of fused-ring (bicyclic) bond motifs is 3. The summed E-state index contributed by atoms with van der Waals surface area (Å²) < 4.78 is 0. The first-order valence-corrected chi connectivity index (χ1v) is 31.5. The lowest BCUT2D eigenvalue weighted by Crippen LogP contribution is -2.24. The topological polar surface area (TPSA) is 412 Å². The minimum absolute atomic E-state index is 0.170. The number of anilines is 3. The van der Waals surface area contributed by atoms with Gasteiger partial charge in [-0.2, -0.15) is 5.26 Å². The molecular formula is C76H74N18O6. The summed E-state index contributed by atoms with van der Waals surface area (Å²) in [6.45, 7) is 12.6. The van der Waals surface area contributed by atoms with Gasteiger partial charge in [0.15, 0.2) is 0 Å². The number of carbonyl (C=O) groups excluding carboxylic acids is 5. The molecule has 0 spiro atoms. The van der Waals surface area contributed by atoms with E-state index in [-0.39, 0.29) is 29.1 Å². The molecule has 5 amide bonds. The predicted octanol–water partition coefficient (Wildman–Crippen LogP) is 8.91. The highest BCUT2D eigenvalue weighted by Gasteiger charge is 2.16. The summed E-state index contributed by atoms with van der Waals surface area (Å²) >= 11 is 0. The van der Waals surface area contributed by atoms with Crippen LogP contribution < -0.4 is 44.6 Å². The fourth-order valence-electron chi connectivity index (χ4n) is 11.2. The van der Waals surface area contributed by atoms with Crippen molar-refractivity contribution >= 4 is 79.7 Å². The fourth-order valence-corrected chi connectivity index (χ4v) is 11.2. The van der Waals surface area contributed by atoms with Crippen LogP contribution in [-0.4, -0.2) is 86.6 Å². The summed E-state index contributed by atoms with van der Waals surface area (Å²) in [4.78, 5) is 99.8. The second kappa shape index (κ2) is 32.6. The van der Waals surface area contributed by atoms with Gasteiger partial charge in [0, 0.05) is 132 Å². The number of aryl methyl sites for hydroxylation is 6. The predicted molar refractivity (Wildman–Crippen MR) is 384 cm³/mol. The maximum absolute atomic E-state index is 12.7. The molecule has 0 aliphatic rings. The molecule has 0 saturated carbocycles. The van der Waals surface area contributed by atoms with Crippen molar-refractivity contribution in [1.82, 2.24) is 60.8 Å². The van der Waals surface area contributed by atoms with E-state index in [0.717, 1.165) is 113 Å². The molecule has 0 unspecified atom stereocenters. The van der Waals surface area contributed by atoms with Gasteiger partial charge in [0.25, 0.3) is 29.5 Å². The molecular weight excluding hydrogens is 1260 g/mol. The molecule has 0 fully saturated rings. The van der Waals surface area contributed by atoms with Gasteiger partial charge in [-0.15, -0.1) is 0 Å². The number of nitrogens with one attached hydrogen (secondary N) is 3. The number of pyridine rings is 9. The maximum atomic E-state index is 12.7. The monoisotopic (exact) mass is 1330 g/mol. The summed E-state index contributed by atoms with van der Waals surface area (Å²) in [5.74, 6) is -0.239. The highest BCUT2D eigenvalue weighted by Crippen LogP contribution is 2.23. The second-order valence-electron chi connectivity index (χ2n) is 23.5. The Hall–Kier alpha value is -13.0. The Bertz CT molecular complexity index is 4870. The number of amides is 5. The van der Waals surface area contributed by atoms with Gasteiger partial charge in [-0.05, 0) is 207 Å². The van der Waals surface area contributed by atoms with E-state index in [1.807, 2.05) is 114 Å². The van der Waals surface area contributed by atoms with Crippen molar-refractivity contribution in [2.24, 2.45) is 11.5 Å². The Labute approximate surface area is 576 Å². The normalized spacial score (nSPS) is 10.6. The quantitative estimate of drug-likeness (QED) is 0.0410. The number of aliphatic hydroxyl groups excluding tert-OH is 1. The van der Waals surface area contributed by atoms with Gasteiger partial charge in [-0.3, -0.25) is 38.9 Å². The van der Waals surface area contributed by atoms with Crippen LogP contribution in [0.2, 0.25) is 0 Å². The Kier molecular flexibility index (Phi) is 23.3. The highest BCUT2D eigenvalue weighted by atomic mass is 16.2. The Morgan fingerprint density at radius 3 is 1.01 bits per heavy atom. The number of benzene rings is 3. The van der Waals surface area contributed by atoms with Gasteiger partial charge in [-0.1, -0.05) is 30.3 Å². The van der Waals surface area contributed by atoms with E-state index in [1.165, 1.54) is 0 Å². The van der Waals surface area contributed by atoms with E-state index in [1.54, 1.807) is 91.4 Å². The second-order valence-corrected chi connectivity index (χ2v) is 23.5. The summed E-state index contributed by atoms with van der Waals surface area (Å²) in [6, 6.07) is 45.8. The molecule has 3 aromatic carbocycles. The number of carbonyl (C=O) groups is 5. The number of primary amides is 2. The third-order valence-corrected chi connectivity index (χ3v) is 16.3. The zero-order chi connectivity index (χ0) is 71.7. The molecule has 9 heterocycles. The zero-order valence-electron chi connectivity index (χ0n) is 56.2. The number of aliphatic hydroxyl groups is 1. The molecule has 24 heteroatoms. The largest absolute Gasteiger partial charge is 0.400 e. The van der Waals surface area contributed by atoms with Crippen LogP contribution in [0.1, 0.15) is 142 Å². The molecule has 0 bridgehead atoms. The molecule has 0 aliphatic heterocycles. The van der Waals surface area contributed by atoms with Crippen molar-refractivity contribution in [3.05, 3.63) is 282 Å². The molecule has 12 aromatic rings. The van der Waals surface area contributed by atoms with Crippen LogP contribution in [0.25, 0.3) is 32.7 Å². The molecule has 0 saturated heterocycles. The van der Waals surface area contributed by atoms with Crippen LogP contribution >= 0.6 is 0 Å². The van der Waals surface area contributed by atoms with Crippen molar-refractivity contribution in [2.75, 3.05) is 24.3 Å². The van der Waals surface area contributed by atoms with Crippen LogP contribution in [0.15, 0.2) is 164 Å². The van der Waals surface area contributed by atoms with Gasteiger partial charge in [0.2, 0.25) is 0 Å². The Balaban J connectivity index is 0.000000173. The molecule has 9 aromatic heterocycles. The molecule has 12 rings (SSSR count). The zero-order valence-corrected chi connectivity index (χ0v) is 56.2. The summed E-state index contributed by atoms with van der Waals surface area (Å²) in [7, 11) is 1.00. The van der Waals surface area contributed by atoms with Crippen LogP contribution in [0, 0.1) is 52.9 Å². The molecule has 504 valence electrons. The third-order valence-electron chi connectivity index (χ3n) is 16.3. The van der Waals surface area contributed by atoms with Crippen molar-refractivity contribution < 1.29 is 29.1 Å². The number of hydrogen-bond donors (Lipinski definition) is 9. The summed E-state index contributed by atoms with van der Waals surface area (Å²) in [6.07, 6.45) is 6.59. The number of nitrogen functional groups attached to an aromatic ring is 3. The van der Waals surface area contributed by atoms with E-state index in [9.17, 15) is 24.0 Å². The van der Waals surface area contributed by atoms with E-state index in [0.29, 0.717) is 89.8 Å². The number of nitriles is 1. The summed E-state index contributed by atoms with van der Waals surface area (Å²) in [5.41, 5.74) is 46.2. The van der Waals surface area contributed by atoms with Gasteiger partial charge in [0.05, 0.1) is 16.6 Å². The minimum Gasteiger partial charge on any atom is -0.400 e. The molecule has 14 N–H and O–H groups in total. The first-order valence-electron chi connectivity index (χ1n) is 31.5. The molecule has 24 nitrogen and oxygen atoms in total. The van der Waals surface area contributed by atoms with E-state index < -0.39 is 11.8 Å². The fraction of sp³-hybridized carbons (Fsp3) is 0.171. The van der Waals surface area contributed by atoms with E-state index in [4.69, 9.17) is 39.0 Å². The number of aromatic nitrogens is 9. The van der Waals surface area contributed by atoms with Gasteiger partial charge in [-0.25, -0.2) is 29.9 Å². The summed E-state index contributed by atoms with van der Waals surface area (Å²) in [5, 5.41) is 27.6. The first kappa shape index (κ1) is 71.3. The molecule has 0 atom stereocenters. The SMILES string of the molecule is CO.Cc1cc(N)nc(C)c1CNC(=O)c1ccnc(Cc2ccc3nc(C#N)ccc3c2)c1.Cc1cc(N)nc(C)c1CNC(=O)c1ccnc(Cc2ccc3nc(C(N)=O)ccc3c2)c1.Cc1cc(N)nc(C)c1CNC(=O)c1ccnc(Cc2ccc3nc(C(N)=O)ccc3c2)c1. The van der Waals surface area contributed by atoms with Crippen molar-refractivity contribution in [1.29, 1.82) is 5.26 Å². The average molecular weight is 1340 g/mol. The van der Waals surface area contributed by atoms with E-state index in [2.05, 4.69) is 66.9 Å². The maximum Gasteiger partial charge on any atom is 0.267 e. The third kappa shape index (κ3) is 18.5. The van der Waals surface area contributed by atoms with Crippen LogP contribution in [0.4, 0.5) is 17.5 Å². The van der Waals surface area contributed by atoms with Crippen LogP contribution in [0.3, 0.4) is 0 Å². The standard InChI is InChI=1S/2C25H24N6O2.C25H22N6O.CH4O/c2*1-14-9-23(26)30-15(2)20(14)13-29-25(33)18-7-8-28-19(12-18)11-16-3-5-21-17(10-16)4-6-22(31-21)24(27)32;1-15-9-24(27)30-16(2)22(15)14-29-25(32)19-7-8-28-21(12-19)11-17-3-6-23-18(10-17)4-5-20(13-26)31-23;1-2/h2*3-10,12H,11,13H2,1-2H3,(H2,26,30)(H2,27,32)(H,29,33);3-10,12H,11,14H2,1-2H3,(H2,27,30)(H,29,32);2H,1H3. The molecule has 0 radical (unpaired) electrons. The average Bonchev–Trinajstić information content (AvgIpc) is 0.840. The minimum atomic E-state index is -0.557. The van der Waals surface area contributed by atoms with Crippen molar-refractivity contribution in [2.45, 2.75) is 80.4 Å². The highest BCUT2D eigenvalue weighted by molar-refractivity contribution is 5.97. The number of hydrogen-bond acceptors (Lipinski definition) is 19. The van der Waals surface area contributed by atoms with Crippen molar-refractivity contribution in [3.8, 4) is 6.07 Å². The lowest BCUT2D eigenvalue weighted by atomic mass is 10.0. The van der Waals surface area contributed by atoms with Crippen molar-refractivity contribution in [3.63, 3.8) is 0 Å². The Morgan fingerprint density at radius 2 is 0.710 bits per heavy atom. The number of nitrogens with zero attached hydrogens (tertiary/aromatic N) is 10. The smallest absolute Gasteiger partial charge is 0.267 e. The van der Waals surface area contributed by atoms with Crippen LogP contribution in [-0.2, 0) is 38.9 Å². The van der Waals surface area contributed by atoms with Gasteiger partial charge in [0.1, 0.15) is 40.6 Å². The number of rotatable bonds is 17. The Morgan fingerprint density at radius 1 is 0.400 bits per heavy atom. The first-order chi connectivity index (χ1) is 48.0. The van der Waals surface area contributed by atoms with Gasteiger partial charge < -0.3 is 49.7 Å². The number of nitrogens with two attached hydrogens (primary N) is 5. The van der Waals surface area contributed by atoms with E-state index >= 15 is 0 Å².